The van der Waals surface area contributed by atoms with E-state index in [1.807, 2.05) is 0 Å². The van der Waals surface area contributed by atoms with Crippen LogP contribution in [0.4, 0.5) is 0 Å². The number of benzene rings is 1. The summed E-state index contributed by atoms with van der Waals surface area (Å²) in [5.74, 6) is 2.16. The molecule has 2 fully saturated rings. The summed E-state index contributed by atoms with van der Waals surface area (Å²) in [4.78, 5) is 12.8. The Balaban J connectivity index is 0.00000300. The molecule has 29 heavy (non-hydrogen) atoms. The highest BCUT2D eigenvalue weighted by molar-refractivity contribution is 5.85. The molecule has 3 rings (SSSR count). The minimum atomic E-state index is 0. The van der Waals surface area contributed by atoms with Crippen molar-refractivity contribution in [2.75, 3.05) is 13.1 Å². The Bertz CT molecular complexity index is 614. The number of carbonyl (C=O) groups excluding carboxylic acids is 1. The van der Waals surface area contributed by atoms with E-state index in [1.54, 1.807) is 0 Å². The molecule has 5 heteroatoms. The standard InChI is InChI=1S/C24H38N2O2.ClH/c1-17(2)22-9-4-18(3)14-23(22)24(27)26-15-19-5-7-20(8-6-19)16-28-21-10-12-25-13-11-21;/h5-8,17-18,21-23,25H,4,9-16H2,1-3H3,(H,26,27);1H/t18-,22+,23-;/m1./s1. The summed E-state index contributed by atoms with van der Waals surface area (Å²) < 4.78 is 6.02. The maximum Gasteiger partial charge on any atom is 0.223 e. The molecule has 0 spiro atoms. The van der Waals surface area contributed by atoms with Gasteiger partial charge in [-0.1, -0.05) is 51.5 Å². The number of piperidine rings is 1. The van der Waals surface area contributed by atoms with Gasteiger partial charge in [-0.3, -0.25) is 4.79 Å². The molecule has 1 amide bonds. The van der Waals surface area contributed by atoms with Crippen LogP contribution in [-0.2, 0) is 22.7 Å². The van der Waals surface area contributed by atoms with Crippen LogP contribution in [0.1, 0.15) is 64.0 Å². The lowest BCUT2D eigenvalue weighted by molar-refractivity contribution is -0.129. The molecule has 1 saturated heterocycles. The second kappa shape index (κ2) is 11.9. The SMILES string of the molecule is CC(C)[C@@H]1CC[C@@H](C)C[C@H]1C(=O)NCc1ccc(COC2CCNCC2)cc1.Cl. The zero-order valence-electron chi connectivity index (χ0n) is 18.3. The monoisotopic (exact) mass is 422 g/mol. The lowest BCUT2D eigenvalue weighted by atomic mass is 9.70. The second-order valence-corrected chi connectivity index (χ2v) is 9.23. The molecule has 1 aromatic carbocycles. The molecule has 164 valence electrons. The fourth-order valence-corrected chi connectivity index (χ4v) is 4.75. The third-order valence-corrected chi connectivity index (χ3v) is 6.62. The summed E-state index contributed by atoms with van der Waals surface area (Å²) in [6.45, 7) is 10.2. The van der Waals surface area contributed by atoms with Gasteiger partial charge in [0.05, 0.1) is 12.7 Å². The van der Waals surface area contributed by atoms with Crippen LogP contribution in [0.25, 0.3) is 0 Å². The number of carbonyl (C=O) groups is 1. The maximum absolute atomic E-state index is 12.8. The molecule has 1 aliphatic carbocycles. The molecule has 0 radical (unpaired) electrons. The lowest BCUT2D eigenvalue weighted by Gasteiger charge is -2.36. The average molecular weight is 423 g/mol. The van der Waals surface area contributed by atoms with Gasteiger partial charge in [-0.25, -0.2) is 0 Å². The van der Waals surface area contributed by atoms with Crippen molar-refractivity contribution < 1.29 is 9.53 Å². The normalized spacial score (nSPS) is 25.4. The number of rotatable bonds is 7. The second-order valence-electron chi connectivity index (χ2n) is 9.23. The highest BCUT2D eigenvalue weighted by Crippen LogP contribution is 2.38. The van der Waals surface area contributed by atoms with Gasteiger partial charge < -0.3 is 15.4 Å². The van der Waals surface area contributed by atoms with Gasteiger partial charge in [0.15, 0.2) is 0 Å². The number of nitrogens with one attached hydrogen (secondary N) is 2. The molecule has 4 nitrogen and oxygen atoms in total. The van der Waals surface area contributed by atoms with Crippen LogP contribution in [0, 0.1) is 23.7 Å². The van der Waals surface area contributed by atoms with Crippen LogP contribution in [0.2, 0.25) is 0 Å². The molecule has 0 bridgehead atoms. The van der Waals surface area contributed by atoms with Gasteiger partial charge in [-0.05, 0) is 67.7 Å². The van der Waals surface area contributed by atoms with E-state index in [1.165, 1.54) is 18.4 Å². The van der Waals surface area contributed by atoms with E-state index >= 15 is 0 Å². The van der Waals surface area contributed by atoms with Crippen LogP contribution >= 0.6 is 12.4 Å². The molecule has 1 aromatic rings. The van der Waals surface area contributed by atoms with Crippen molar-refractivity contribution in [1.29, 1.82) is 0 Å². The first-order valence-corrected chi connectivity index (χ1v) is 11.2. The van der Waals surface area contributed by atoms with Crippen LogP contribution in [0.5, 0.6) is 0 Å². The van der Waals surface area contributed by atoms with Gasteiger partial charge in [0.25, 0.3) is 0 Å². The third kappa shape index (κ3) is 7.27. The molecule has 2 aliphatic rings. The van der Waals surface area contributed by atoms with Crippen LogP contribution in [-0.4, -0.2) is 25.1 Å². The van der Waals surface area contributed by atoms with E-state index < -0.39 is 0 Å². The number of hydrogen-bond donors (Lipinski definition) is 2. The molecule has 1 aliphatic heterocycles. The van der Waals surface area contributed by atoms with Crippen LogP contribution < -0.4 is 10.6 Å². The van der Waals surface area contributed by atoms with Gasteiger partial charge in [-0.2, -0.15) is 0 Å². The Kier molecular flexibility index (Phi) is 9.94. The quantitative estimate of drug-likeness (QED) is 0.669. The first-order valence-electron chi connectivity index (χ1n) is 11.2. The zero-order valence-corrected chi connectivity index (χ0v) is 19.1. The van der Waals surface area contributed by atoms with Crippen molar-refractivity contribution in [2.45, 2.75) is 72.1 Å². The Morgan fingerprint density at radius 2 is 1.76 bits per heavy atom. The fraction of sp³-hybridized carbons (Fsp3) is 0.708. The van der Waals surface area contributed by atoms with Gasteiger partial charge in [0, 0.05) is 12.5 Å². The van der Waals surface area contributed by atoms with Crippen LogP contribution in [0.3, 0.4) is 0 Å². The number of ether oxygens (including phenoxy) is 1. The van der Waals surface area contributed by atoms with Gasteiger partial charge in [0.2, 0.25) is 5.91 Å². The average Bonchev–Trinajstić information content (AvgIpc) is 2.71. The number of halogens is 1. The van der Waals surface area contributed by atoms with E-state index in [-0.39, 0.29) is 24.2 Å². The smallest absolute Gasteiger partial charge is 0.223 e. The van der Waals surface area contributed by atoms with Crippen molar-refractivity contribution >= 4 is 18.3 Å². The summed E-state index contributed by atoms with van der Waals surface area (Å²) in [6.07, 6.45) is 6.05. The molecule has 1 heterocycles. The van der Waals surface area contributed by atoms with E-state index in [9.17, 15) is 4.79 Å². The molecular formula is C24H39ClN2O2. The van der Waals surface area contributed by atoms with Crippen molar-refractivity contribution in [3.63, 3.8) is 0 Å². The summed E-state index contributed by atoms with van der Waals surface area (Å²) in [5, 5.41) is 6.56. The molecular weight excluding hydrogens is 384 g/mol. The van der Waals surface area contributed by atoms with Crippen molar-refractivity contribution in [3.05, 3.63) is 35.4 Å². The highest BCUT2D eigenvalue weighted by Gasteiger charge is 2.35. The molecule has 3 atom stereocenters. The first-order chi connectivity index (χ1) is 13.5. The first kappa shape index (κ1) is 24.2. The Labute approximate surface area is 183 Å². The van der Waals surface area contributed by atoms with Crippen molar-refractivity contribution in [1.82, 2.24) is 10.6 Å². The predicted molar refractivity (Wildman–Crippen MR) is 121 cm³/mol. The Hall–Kier alpha value is -1.10. The van der Waals surface area contributed by atoms with E-state index in [0.29, 0.717) is 37.0 Å². The Morgan fingerprint density at radius 3 is 2.41 bits per heavy atom. The maximum atomic E-state index is 12.8. The van der Waals surface area contributed by atoms with E-state index in [4.69, 9.17) is 4.74 Å². The summed E-state index contributed by atoms with van der Waals surface area (Å²) in [6, 6.07) is 8.49. The van der Waals surface area contributed by atoms with Crippen molar-refractivity contribution in [2.24, 2.45) is 23.7 Å². The summed E-state index contributed by atoms with van der Waals surface area (Å²) in [5.41, 5.74) is 2.36. The van der Waals surface area contributed by atoms with Gasteiger partial charge in [-0.15, -0.1) is 12.4 Å². The molecule has 0 aromatic heterocycles. The third-order valence-electron chi connectivity index (χ3n) is 6.62. The minimum absolute atomic E-state index is 0. The number of amides is 1. The number of hydrogen-bond acceptors (Lipinski definition) is 3. The summed E-state index contributed by atoms with van der Waals surface area (Å²) in [7, 11) is 0. The molecule has 0 unspecified atom stereocenters. The molecule has 1 saturated carbocycles. The van der Waals surface area contributed by atoms with Gasteiger partial charge in [0.1, 0.15) is 0 Å². The van der Waals surface area contributed by atoms with Crippen LogP contribution in [0.15, 0.2) is 24.3 Å². The molecule has 2 N–H and O–H groups in total. The zero-order chi connectivity index (χ0) is 19.9. The minimum Gasteiger partial charge on any atom is -0.373 e. The van der Waals surface area contributed by atoms with E-state index in [2.05, 4.69) is 55.7 Å². The predicted octanol–water partition coefficient (Wildman–Crippen LogP) is 4.70. The highest BCUT2D eigenvalue weighted by atomic mass is 35.5. The van der Waals surface area contributed by atoms with Crippen molar-refractivity contribution in [3.8, 4) is 0 Å². The van der Waals surface area contributed by atoms with Gasteiger partial charge >= 0.3 is 0 Å². The fourth-order valence-electron chi connectivity index (χ4n) is 4.75. The largest absolute Gasteiger partial charge is 0.373 e. The lowest BCUT2D eigenvalue weighted by Crippen LogP contribution is -2.39. The topological polar surface area (TPSA) is 50.4 Å². The van der Waals surface area contributed by atoms with E-state index in [0.717, 1.165) is 37.9 Å². The Morgan fingerprint density at radius 1 is 1.10 bits per heavy atom. The summed E-state index contributed by atoms with van der Waals surface area (Å²) >= 11 is 0.